The van der Waals surface area contributed by atoms with Gasteiger partial charge in [0.1, 0.15) is 0 Å². The van der Waals surface area contributed by atoms with Gasteiger partial charge in [-0.05, 0) is 44.9 Å². The third-order valence-corrected chi connectivity index (χ3v) is 3.47. The minimum absolute atomic E-state index is 0.279. The second-order valence-corrected chi connectivity index (χ2v) is 5.21. The van der Waals surface area contributed by atoms with Gasteiger partial charge in [0.05, 0.1) is 0 Å². The molecule has 0 bridgehead atoms. The SMILES string of the molecule is CCSCCC(C)N(C)CCCC(=O)O. The van der Waals surface area contributed by atoms with Crippen LogP contribution in [-0.2, 0) is 4.79 Å². The van der Waals surface area contributed by atoms with Gasteiger partial charge in [0.25, 0.3) is 0 Å². The molecule has 0 heterocycles. The molecule has 0 aromatic carbocycles. The summed E-state index contributed by atoms with van der Waals surface area (Å²) in [6.45, 7) is 5.26. The summed E-state index contributed by atoms with van der Waals surface area (Å²) in [6.07, 6.45) is 2.21. The molecule has 1 unspecified atom stereocenters. The van der Waals surface area contributed by atoms with E-state index in [9.17, 15) is 4.79 Å². The zero-order chi connectivity index (χ0) is 11.7. The Morgan fingerprint density at radius 2 is 2.20 bits per heavy atom. The van der Waals surface area contributed by atoms with Gasteiger partial charge in [-0.25, -0.2) is 0 Å². The smallest absolute Gasteiger partial charge is 0.303 e. The van der Waals surface area contributed by atoms with Crippen LogP contribution in [0.5, 0.6) is 0 Å². The maximum absolute atomic E-state index is 10.3. The van der Waals surface area contributed by atoms with E-state index < -0.39 is 5.97 Å². The number of aliphatic carboxylic acids is 1. The number of hydrogen-bond donors (Lipinski definition) is 1. The first-order valence-corrected chi connectivity index (χ1v) is 6.73. The van der Waals surface area contributed by atoms with Gasteiger partial charge in [0.15, 0.2) is 0 Å². The highest BCUT2D eigenvalue weighted by Crippen LogP contribution is 2.08. The molecule has 0 aliphatic carbocycles. The largest absolute Gasteiger partial charge is 0.481 e. The maximum atomic E-state index is 10.3. The van der Waals surface area contributed by atoms with Crippen LogP contribution in [0.4, 0.5) is 0 Å². The van der Waals surface area contributed by atoms with Crippen LogP contribution in [-0.4, -0.2) is 47.1 Å². The number of carboxylic acid groups (broad SMARTS) is 1. The monoisotopic (exact) mass is 233 g/mol. The van der Waals surface area contributed by atoms with E-state index >= 15 is 0 Å². The summed E-state index contributed by atoms with van der Waals surface area (Å²) in [5.41, 5.74) is 0. The number of nitrogens with zero attached hydrogens (tertiary/aromatic N) is 1. The van der Waals surface area contributed by atoms with E-state index in [1.807, 2.05) is 11.8 Å². The van der Waals surface area contributed by atoms with Crippen LogP contribution < -0.4 is 0 Å². The Morgan fingerprint density at radius 3 is 2.73 bits per heavy atom. The van der Waals surface area contributed by atoms with Crippen molar-refractivity contribution in [1.29, 1.82) is 0 Å². The highest BCUT2D eigenvalue weighted by Gasteiger charge is 2.08. The average Bonchev–Trinajstić information content (AvgIpc) is 2.17. The summed E-state index contributed by atoms with van der Waals surface area (Å²) in [5.74, 6) is 1.67. The van der Waals surface area contributed by atoms with Gasteiger partial charge in [0, 0.05) is 12.5 Å². The van der Waals surface area contributed by atoms with Crippen LogP contribution in [0.3, 0.4) is 0 Å². The summed E-state index contributed by atoms with van der Waals surface area (Å²) in [6, 6.07) is 0.554. The van der Waals surface area contributed by atoms with Crippen molar-refractivity contribution < 1.29 is 9.90 Å². The Balaban J connectivity index is 3.50. The van der Waals surface area contributed by atoms with Crippen LogP contribution in [0.1, 0.15) is 33.1 Å². The molecular formula is C11H23NO2S. The highest BCUT2D eigenvalue weighted by atomic mass is 32.2. The van der Waals surface area contributed by atoms with Crippen molar-refractivity contribution in [3.8, 4) is 0 Å². The predicted molar refractivity (Wildman–Crippen MR) is 66.6 cm³/mol. The van der Waals surface area contributed by atoms with E-state index in [1.54, 1.807) is 0 Å². The van der Waals surface area contributed by atoms with E-state index in [1.165, 1.54) is 17.9 Å². The van der Waals surface area contributed by atoms with Gasteiger partial charge in [0.2, 0.25) is 0 Å². The second kappa shape index (κ2) is 9.04. The van der Waals surface area contributed by atoms with Crippen molar-refractivity contribution in [2.45, 2.75) is 39.2 Å². The first kappa shape index (κ1) is 14.8. The van der Waals surface area contributed by atoms with Crippen molar-refractivity contribution in [3.05, 3.63) is 0 Å². The third-order valence-electron chi connectivity index (χ3n) is 2.54. The summed E-state index contributed by atoms with van der Waals surface area (Å²) >= 11 is 1.96. The van der Waals surface area contributed by atoms with Crippen LogP contribution in [0.25, 0.3) is 0 Å². The Kier molecular flexibility index (Phi) is 8.91. The number of carboxylic acids is 1. The number of thioether (sulfide) groups is 1. The van der Waals surface area contributed by atoms with Crippen LogP contribution >= 0.6 is 11.8 Å². The molecule has 0 rings (SSSR count). The van der Waals surface area contributed by atoms with E-state index in [-0.39, 0.29) is 6.42 Å². The summed E-state index contributed by atoms with van der Waals surface area (Å²) in [5, 5.41) is 8.52. The maximum Gasteiger partial charge on any atom is 0.303 e. The molecule has 90 valence electrons. The fourth-order valence-electron chi connectivity index (χ4n) is 1.32. The Morgan fingerprint density at radius 1 is 1.53 bits per heavy atom. The lowest BCUT2D eigenvalue weighted by molar-refractivity contribution is -0.137. The van der Waals surface area contributed by atoms with Crippen LogP contribution in [0.2, 0.25) is 0 Å². The summed E-state index contributed by atoms with van der Waals surface area (Å²) < 4.78 is 0. The van der Waals surface area contributed by atoms with Crippen molar-refractivity contribution >= 4 is 17.7 Å². The first-order valence-electron chi connectivity index (χ1n) is 5.57. The number of hydrogen-bond acceptors (Lipinski definition) is 3. The Hall–Kier alpha value is -0.220. The molecule has 0 aliphatic heterocycles. The molecule has 3 nitrogen and oxygen atoms in total. The lowest BCUT2D eigenvalue weighted by Gasteiger charge is -2.24. The molecule has 0 radical (unpaired) electrons. The van der Waals surface area contributed by atoms with Gasteiger partial charge in [-0.1, -0.05) is 6.92 Å². The standard InChI is InChI=1S/C11H23NO2S/c1-4-15-9-7-10(2)12(3)8-5-6-11(13)14/h10H,4-9H2,1-3H3,(H,13,14). The van der Waals surface area contributed by atoms with E-state index in [4.69, 9.17) is 5.11 Å². The number of carbonyl (C=O) groups is 1. The lowest BCUT2D eigenvalue weighted by Crippen LogP contribution is -2.30. The van der Waals surface area contributed by atoms with Gasteiger partial charge < -0.3 is 10.0 Å². The van der Waals surface area contributed by atoms with E-state index in [0.29, 0.717) is 6.04 Å². The predicted octanol–water partition coefficient (Wildman–Crippen LogP) is 2.31. The number of rotatable bonds is 9. The molecule has 15 heavy (non-hydrogen) atoms. The van der Waals surface area contributed by atoms with Crippen molar-refractivity contribution in [3.63, 3.8) is 0 Å². The molecule has 1 N–H and O–H groups in total. The van der Waals surface area contributed by atoms with E-state index in [0.717, 1.165) is 13.0 Å². The molecule has 1 atom stereocenters. The third kappa shape index (κ3) is 8.75. The van der Waals surface area contributed by atoms with Crippen molar-refractivity contribution in [2.75, 3.05) is 25.1 Å². The van der Waals surface area contributed by atoms with Crippen molar-refractivity contribution in [1.82, 2.24) is 4.90 Å². The molecule has 0 aromatic heterocycles. The zero-order valence-electron chi connectivity index (χ0n) is 10.0. The molecule has 4 heteroatoms. The van der Waals surface area contributed by atoms with Gasteiger partial charge >= 0.3 is 5.97 Å². The molecule has 0 aromatic rings. The minimum Gasteiger partial charge on any atom is -0.481 e. The topological polar surface area (TPSA) is 40.5 Å². The van der Waals surface area contributed by atoms with Crippen LogP contribution in [0, 0.1) is 0 Å². The summed E-state index contributed by atoms with van der Waals surface area (Å²) in [7, 11) is 2.07. The van der Waals surface area contributed by atoms with E-state index in [2.05, 4.69) is 25.8 Å². The minimum atomic E-state index is -0.697. The lowest BCUT2D eigenvalue weighted by atomic mass is 10.2. The normalized spacial score (nSPS) is 13.1. The van der Waals surface area contributed by atoms with Gasteiger partial charge in [-0.3, -0.25) is 4.79 Å². The fourth-order valence-corrected chi connectivity index (χ4v) is 2.12. The molecular weight excluding hydrogens is 210 g/mol. The van der Waals surface area contributed by atoms with Gasteiger partial charge in [-0.15, -0.1) is 0 Å². The van der Waals surface area contributed by atoms with Crippen LogP contribution in [0.15, 0.2) is 0 Å². The summed E-state index contributed by atoms with van der Waals surface area (Å²) in [4.78, 5) is 12.6. The fraction of sp³-hybridized carbons (Fsp3) is 0.909. The molecule has 0 saturated heterocycles. The first-order chi connectivity index (χ1) is 7.07. The Bertz CT molecular complexity index is 176. The van der Waals surface area contributed by atoms with Gasteiger partial charge in [-0.2, -0.15) is 11.8 Å². The molecule has 0 aliphatic rings. The second-order valence-electron chi connectivity index (χ2n) is 3.81. The highest BCUT2D eigenvalue weighted by molar-refractivity contribution is 7.99. The molecule has 0 amide bonds. The quantitative estimate of drug-likeness (QED) is 0.620. The molecule has 0 saturated carbocycles. The molecule has 0 spiro atoms. The average molecular weight is 233 g/mol. The Labute approximate surface area is 97.2 Å². The molecule has 0 fully saturated rings. The zero-order valence-corrected chi connectivity index (χ0v) is 10.8. The van der Waals surface area contributed by atoms with Crippen molar-refractivity contribution in [2.24, 2.45) is 0 Å².